The van der Waals surface area contributed by atoms with E-state index in [1.807, 2.05) is 0 Å². The number of amides is 2. The third kappa shape index (κ3) is 4.50. The number of carbonyl (C=O) groups is 3. The van der Waals surface area contributed by atoms with Gasteiger partial charge in [0, 0.05) is 0 Å². The topological polar surface area (TPSA) is 168 Å². The van der Waals surface area contributed by atoms with Crippen LogP contribution in [0.1, 0.15) is 34.2 Å². The molecular weight excluding hydrogens is 466 g/mol. The maximum absolute atomic E-state index is 12.8. The summed E-state index contributed by atoms with van der Waals surface area (Å²) in [7, 11) is 1.43. The van der Waals surface area contributed by atoms with Crippen LogP contribution in [0, 0.1) is 6.92 Å². The van der Waals surface area contributed by atoms with Gasteiger partial charge in [-0.15, -0.1) is 11.3 Å². The summed E-state index contributed by atoms with van der Waals surface area (Å²) in [4.78, 5) is 46.6. The largest absolute Gasteiger partial charge is 0.480 e. The van der Waals surface area contributed by atoms with Crippen molar-refractivity contribution in [2.75, 3.05) is 26.1 Å². The second-order valence-electron chi connectivity index (χ2n) is 7.09. The molecule has 34 heavy (non-hydrogen) atoms. The first kappa shape index (κ1) is 23.0. The monoisotopic (exact) mass is 487 g/mol. The van der Waals surface area contributed by atoms with Gasteiger partial charge < -0.3 is 35.0 Å². The molecule has 12 nitrogen and oxygen atoms in total. The molecule has 4 N–H and O–H groups in total. The second-order valence-corrected chi connectivity index (χ2v) is 8.12. The molecule has 0 radical (unpaired) electrons. The first-order chi connectivity index (χ1) is 16.3. The van der Waals surface area contributed by atoms with Crippen LogP contribution < -0.4 is 21.1 Å². The van der Waals surface area contributed by atoms with Gasteiger partial charge in [0.15, 0.2) is 0 Å². The van der Waals surface area contributed by atoms with Gasteiger partial charge in [-0.25, -0.2) is 19.4 Å². The number of aromatic nitrogens is 2. The molecule has 0 saturated heterocycles. The highest BCUT2D eigenvalue weighted by atomic mass is 32.1. The molecule has 3 aromatic rings. The van der Waals surface area contributed by atoms with Crippen molar-refractivity contribution >= 4 is 45.5 Å². The van der Waals surface area contributed by atoms with Crippen LogP contribution in [-0.4, -0.2) is 48.3 Å². The standard InChI is InChI=1S/C21H21N5O7S/c1-4-31-19(28)14-11(23-21(29)24-15(14)12-6-5-9(2)33-12)8-32-18(27)13-7-10-16(30-3)25-20(22)26-17(10)34-13/h5-7,15H,4,8H2,1-3H3,(H2,22,25,26)(H2,23,24,29)/t15-/m1/s1. The molecule has 1 aliphatic heterocycles. The van der Waals surface area contributed by atoms with Gasteiger partial charge in [0.2, 0.25) is 11.8 Å². The van der Waals surface area contributed by atoms with E-state index in [-0.39, 0.29) is 34.6 Å². The van der Waals surface area contributed by atoms with Crippen molar-refractivity contribution in [3.8, 4) is 5.88 Å². The first-order valence-corrected chi connectivity index (χ1v) is 10.9. The van der Waals surface area contributed by atoms with Crippen molar-refractivity contribution in [1.29, 1.82) is 0 Å². The predicted octanol–water partition coefficient (Wildman–Crippen LogP) is 2.21. The van der Waals surface area contributed by atoms with Crippen molar-refractivity contribution < 1.29 is 33.0 Å². The van der Waals surface area contributed by atoms with Crippen LogP contribution in [-0.2, 0) is 14.3 Å². The van der Waals surface area contributed by atoms with Crippen molar-refractivity contribution in [2.24, 2.45) is 0 Å². The lowest BCUT2D eigenvalue weighted by Crippen LogP contribution is -2.47. The van der Waals surface area contributed by atoms with Crippen LogP contribution in [0.5, 0.6) is 5.88 Å². The number of hydrogen-bond acceptors (Lipinski definition) is 11. The number of furan rings is 1. The molecule has 0 fully saturated rings. The van der Waals surface area contributed by atoms with E-state index < -0.39 is 30.6 Å². The van der Waals surface area contributed by atoms with Crippen LogP contribution in [0.2, 0.25) is 0 Å². The maximum atomic E-state index is 12.8. The quantitative estimate of drug-likeness (QED) is 0.420. The second kappa shape index (κ2) is 9.39. The fourth-order valence-electron chi connectivity index (χ4n) is 3.38. The third-order valence-corrected chi connectivity index (χ3v) is 5.82. The van der Waals surface area contributed by atoms with Gasteiger partial charge in [0.05, 0.1) is 30.4 Å². The van der Waals surface area contributed by atoms with Crippen LogP contribution in [0.15, 0.2) is 33.9 Å². The van der Waals surface area contributed by atoms with E-state index in [0.717, 1.165) is 11.3 Å². The van der Waals surface area contributed by atoms with Gasteiger partial charge in [0.1, 0.15) is 33.9 Å². The van der Waals surface area contributed by atoms with E-state index in [4.69, 9.17) is 24.4 Å². The Hall–Kier alpha value is -4.13. The molecule has 0 aliphatic carbocycles. The number of nitrogens with two attached hydrogens (primary N) is 1. The van der Waals surface area contributed by atoms with E-state index in [1.54, 1.807) is 26.0 Å². The zero-order valence-corrected chi connectivity index (χ0v) is 19.3. The zero-order valence-electron chi connectivity index (χ0n) is 18.5. The van der Waals surface area contributed by atoms with Crippen LogP contribution >= 0.6 is 11.3 Å². The van der Waals surface area contributed by atoms with E-state index in [0.29, 0.717) is 21.7 Å². The molecule has 178 valence electrons. The number of ether oxygens (including phenoxy) is 3. The minimum absolute atomic E-state index is 0.00646. The number of nitrogens with zero attached hydrogens (tertiary/aromatic N) is 2. The number of nitrogens with one attached hydrogen (secondary N) is 2. The van der Waals surface area contributed by atoms with Crippen molar-refractivity contribution in [3.05, 3.63) is 45.9 Å². The smallest absolute Gasteiger partial charge is 0.348 e. The van der Waals surface area contributed by atoms with Gasteiger partial charge in [-0.3, -0.25) is 0 Å². The summed E-state index contributed by atoms with van der Waals surface area (Å²) < 4.78 is 21.4. The highest BCUT2D eigenvalue weighted by molar-refractivity contribution is 7.20. The summed E-state index contributed by atoms with van der Waals surface area (Å²) >= 11 is 1.04. The summed E-state index contributed by atoms with van der Waals surface area (Å²) in [6.45, 7) is 3.11. The number of methoxy groups -OCH3 is 1. The molecule has 4 heterocycles. The van der Waals surface area contributed by atoms with Gasteiger partial charge in [0.25, 0.3) is 0 Å². The number of esters is 2. The van der Waals surface area contributed by atoms with Gasteiger partial charge >= 0.3 is 18.0 Å². The van der Waals surface area contributed by atoms with Crippen LogP contribution in [0.4, 0.5) is 10.7 Å². The van der Waals surface area contributed by atoms with Gasteiger partial charge in [-0.2, -0.15) is 4.98 Å². The highest BCUT2D eigenvalue weighted by Gasteiger charge is 2.36. The molecule has 0 spiro atoms. The molecule has 13 heteroatoms. The van der Waals surface area contributed by atoms with E-state index in [2.05, 4.69) is 20.6 Å². The highest BCUT2D eigenvalue weighted by Crippen LogP contribution is 2.32. The number of rotatable bonds is 7. The first-order valence-electron chi connectivity index (χ1n) is 10.1. The summed E-state index contributed by atoms with van der Waals surface area (Å²) in [5.41, 5.74) is 5.82. The van der Waals surface area contributed by atoms with E-state index in [1.165, 1.54) is 13.2 Å². The van der Waals surface area contributed by atoms with Crippen LogP contribution in [0.3, 0.4) is 0 Å². The van der Waals surface area contributed by atoms with Gasteiger partial charge in [-0.1, -0.05) is 0 Å². The van der Waals surface area contributed by atoms with E-state index >= 15 is 0 Å². The van der Waals surface area contributed by atoms with Crippen molar-refractivity contribution in [1.82, 2.24) is 20.6 Å². The minimum Gasteiger partial charge on any atom is -0.480 e. The summed E-state index contributed by atoms with van der Waals surface area (Å²) in [6.07, 6.45) is 0. The Morgan fingerprint density at radius 2 is 2.03 bits per heavy atom. The molecule has 0 bridgehead atoms. The Bertz CT molecular complexity index is 1310. The summed E-state index contributed by atoms with van der Waals surface area (Å²) in [5, 5.41) is 5.67. The zero-order chi connectivity index (χ0) is 24.4. The van der Waals surface area contributed by atoms with E-state index in [9.17, 15) is 14.4 Å². The molecule has 4 rings (SSSR count). The number of aryl methyl sites for hydroxylation is 1. The molecular formula is C21H21N5O7S. The number of anilines is 1. The van der Waals surface area contributed by atoms with Crippen molar-refractivity contribution in [2.45, 2.75) is 19.9 Å². The predicted molar refractivity (Wildman–Crippen MR) is 120 cm³/mol. The number of carbonyl (C=O) groups excluding carboxylic acids is 3. The SMILES string of the molecule is CCOC(=O)C1=C(COC(=O)c2cc3c(OC)nc(N)nc3s2)NC(=O)N[C@@H]1c1ccc(C)o1. The number of urea groups is 1. The summed E-state index contributed by atoms with van der Waals surface area (Å²) in [6, 6.07) is 3.37. The Morgan fingerprint density at radius 3 is 2.71 bits per heavy atom. The molecule has 3 aromatic heterocycles. The molecule has 1 atom stereocenters. The number of fused-ring (bicyclic) bond motifs is 1. The molecule has 1 aliphatic rings. The maximum Gasteiger partial charge on any atom is 0.348 e. The average Bonchev–Trinajstić information content (AvgIpc) is 3.42. The molecule has 0 saturated carbocycles. The average molecular weight is 487 g/mol. The summed E-state index contributed by atoms with van der Waals surface area (Å²) in [5.74, 6) is -0.205. The van der Waals surface area contributed by atoms with Crippen LogP contribution in [0.25, 0.3) is 10.2 Å². The Morgan fingerprint density at radius 1 is 1.24 bits per heavy atom. The molecule has 0 aromatic carbocycles. The minimum atomic E-state index is -0.915. The lowest BCUT2D eigenvalue weighted by Gasteiger charge is -2.27. The van der Waals surface area contributed by atoms with Crippen molar-refractivity contribution in [3.63, 3.8) is 0 Å². The Kier molecular flexibility index (Phi) is 6.36. The lowest BCUT2D eigenvalue weighted by molar-refractivity contribution is -0.139. The molecule has 0 unspecified atom stereocenters. The normalized spacial score (nSPS) is 15.6. The fourth-order valence-corrected chi connectivity index (χ4v) is 4.30. The lowest BCUT2D eigenvalue weighted by atomic mass is 10.0. The Balaban J connectivity index is 1.63. The Labute approximate surface area is 197 Å². The molecule has 2 amide bonds. The third-order valence-electron chi connectivity index (χ3n) is 4.81. The number of hydrogen-bond donors (Lipinski definition) is 3. The van der Waals surface area contributed by atoms with Gasteiger partial charge in [-0.05, 0) is 32.0 Å². The number of nitrogen functional groups attached to an aromatic ring is 1. The number of thiophene rings is 1. The fraction of sp³-hybridized carbons (Fsp3) is 0.286.